The molecule has 1 unspecified atom stereocenters. The zero-order valence-electron chi connectivity index (χ0n) is 9.79. The van der Waals surface area contributed by atoms with Gasteiger partial charge in [-0.2, -0.15) is 0 Å². The van der Waals surface area contributed by atoms with E-state index in [9.17, 15) is 4.79 Å². The molecule has 0 aliphatic heterocycles. The van der Waals surface area contributed by atoms with E-state index in [1.165, 1.54) is 4.90 Å². The Balaban J connectivity index is 2.77. The normalized spacial score (nSPS) is 12.3. The molecule has 1 heterocycles. The van der Waals surface area contributed by atoms with Crippen LogP contribution in [0.3, 0.4) is 0 Å². The van der Waals surface area contributed by atoms with Gasteiger partial charge in [0.15, 0.2) is 0 Å². The minimum atomic E-state index is -0.123. The lowest BCUT2D eigenvalue weighted by atomic mass is 10.1. The van der Waals surface area contributed by atoms with Crippen LogP contribution in [-0.2, 0) is 0 Å². The topological polar surface area (TPSA) is 58.4 Å². The minimum absolute atomic E-state index is 0.0915. The summed E-state index contributed by atoms with van der Waals surface area (Å²) >= 11 is 0. The summed E-state index contributed by atoms with van der Waals surface area (Å²) in [6, 6.07) is -0.214. The van der Waals surface area contributed by atoms with Crippen molar-refractivity contribution in [1.82, 2.24) is 15.4 Å². The summed E-state index contributed by atoms with van der Waals surface area (Å²) in [6.07, 6.45) is 0. The third-order valence-corrected chi connectivity index (χ3v) is 2.27. The molecule has 0 aliphatic rings. The average molecular weight is 211 g/mol. The fourth-order valence-electron chi connectivity index (χ4n) is 1.49. The van der Waals surface area contributed by atoms with Crippen molar-refractivity contribution in [3.05, 3.63) is 17.0 Å². The van der Waals surface area contributed by atoms with Gasteiger partial charge in [0, 0.05) is 19.7 Å². The molecular formula is C10H17N3O2. The van der Waals surface area contributed by atoms with Gasteiger partial charge >= 0.3 is 6.03 Å². The van der Waals surface area contributed by atoms with Crippen LogP contribution in [0.25, 0.3) is 0 Å². The van der Waals surface area contributed by atoms with Crippen molar-refractivity contribution in [2.75, 3.05) is 14.1 Å². The van der Waals surface area contributed by atoms with Crippen LogP contribution >= 0.6 is 0 Å². The maximum atomic E-state index is 11.4. The van der Waals surface area contributed by atoms with Crippen molar-refractivity contribution < 1.29 is 9.32 Å². The summed E-state index contributed by atoms with van der Waals surface area (Å²) in [7, 11) is 3.41. The van der Waals surface area contributed by atoms with E-state index in [2.05, 4.69) is 10.5 Å². The summed E-state index contributed by atoms with van der Waals surface area (Å²) in [6.45, 7) is 5.62. The van der Waals surface area contributed by atoms with Gasteiger partial charge in [0.25, 0.3) is 0 Å². The van der Waals surface area contributed by atoms with Gasteiger partial charge in [0.05, 0.1) is 11.7 Å². The van der Waals surface area contributed by atoms with E-state index < -0.39 is 0 Å². The molecule has 1 aromatic rings. The van der Waals surface area contributed by atoms with Crippen molar-refractivity contribution in [3.63, 3.8) is 0 Å². The van der Waals surface area contributed by atoms with Gasteiger partial charge in [-0.25, -0.2) is 4.79 Å². The number of rotatable bonds is 2. The van der Waals surface area contributed by atoms with Crippen molar-refractivity contribution >= 4 is 6.03 Å². The fourth-order valence-corrected chi connectivity index (χ4v) is 1.49. The zero-order chi connectivity index (χ0) is 11.6. The zero-order valence-corrected chi connectivity index (χ0v) is 9.79. The van der Waals surface area contributed by atoms with Crippen LogP contribution in [0.2, 0.25) is 0 Å². The van der Waals surface area contributed by atoms with Gasteiger partial charge in [0.2, 0.25) is 0 Å². The average Bonchev–Trinajstić information content (AvgIpc) is 2.45. The van der Waals surface area contributed by atoms with Crippen LogP contribution in [0.4, 0.5) is 4.79 Å². The Morgan fingerprint density at radius 1 is 1.47 bits per heavy atom. The molecule has 1 atom stereocenters. The smallest absolute Gasteiger partial charge is 0.317 e. The van der Waals surface area contributed by atoms with E-state index >= 15 is 0 Å². The van der Waals surface area contributed by atoms with Gasteiger partial charge in [-0.05, 0) is 20.8 Å². The highest BCUT2D eigenvalue weighted by atomic mass is 16.5. The van der Waals surface area contributed by atoms with Crippen molar-refractivity contribution in [2.24, 2.45) is 0 Å². The third-order valence-electron chi connectivity index (χ3n) is 2.27. The molecule has 0 aliphatic carbocycles. The number of aryl methyl sites for hydroxylation is 2. The first-order valence-corrected chi connectivity index (χ1v) is 4.84. The lowest BCUT2D eigenvalue weighted by molar-refractivity contribution is 0.214. The van der Waals surface area contributed by atoms with E-state index in [0.29, 0.717) is 0 Å². The molecule has 0 fully saturated rings. The van der Waals surface area contributed by atoms with Crippen LogP contribution in [0, 0.1) is 13.8 Å². The summed E-state index contributed by atoms with van der Waals surface area (Å²) in [5.74, 6) is 0.749. The number of nitrogens with one attached hydrogen (secondary N) is 1. The van der Waals surface area contributed by atoms with Gasteiger partial charge in [-0.15, -0.1) is 0 Å². The van der Waals surface area contributed by atoms with Gasteiger partial charge in [0.1, 0.15) is 5.76 Å². The fraction of sp³-hybridized carbons (Fsp3) is 0.600. The summed E-state index contributed by atoms with van der Waals surface area (Å²) < 4.78 is 5.04. The molecule has 5 nitrogen and oxygen atoms in total. The van der Waals surface area contributed by atoms with E-state index in [0.717, 1.165) is 17.0 Å². The molecule has 15 heavy (non-hydrogen) atoms. The van der Waals surface area contributed by atoms with Crippen molar-refractivity contribution in [3.8, 4) is 0 Å². The first-order valence-electron chi connectivity index (χ1n) is 4.84. The lowest BCUT2D eigenvalue weighted by Gasteiger charge is -2.17. The number of hydrogen-bond donors (Lipinski definition) is 1. The number of amides is 2. The molecule has 0 aromatic carbocycles. The highest BCUT2D eigenvalue weighted by Gasteiger charge is 2.18. The molecule has 0 radical (unpaired) electrons. The second-order valence-electron chi connectivity index (χ2n) is 3.80. The number of urea groups is 1. The van der Waals surface area contributed by atoms with E-state index in [1.807, 2.05) is 20.8 Å². The second kappa shape index (κ2) is 4.33. The second-order valence-corrected chi connectivity index (χ2v) is 3.80. The Bertz CT molecular complexity index is 338. The third kappa shape index (κ3) is 2.49. The van der Waals surface area contributed by atoms with Gasteiger partial charge in [-0.1, -0.05) is 5.16 Å². The van der Waals surface area contributed by atoms with Crippen molar-refractivity contribution in [1.29, 1.82) is 0 Å². The molecule has 1 rings (SSSR count). The molecule has 5 heteroatoms. The number of aromatic nitrogens is 1. The molecule has 1 N–H and O–H groups in total. The maximum Gasteiger partial charge on any atom is 0.317 e. The van der Waals surface area contributed by atoms with Crippen LogP contribution in [0.15, 0.2) is 4.52 Å². The Kier molecular flexibility index (Phi) is 3.34. The van der Waals surface area contributed by atoms with E-state index in [4.69, 9.17) is 4.52 Å². The van der Waals surface area contributed by atoms with Crippen LogP contribution in [-0.4, -0.2) is 30.2 Å². The summed E-state index contributed by atoms with van der Waals surface area (Å²) in [5, 5.41) is 6.70. The first kappa shape index (κ1) is 11.6. The number of hydrogen-bond acceptors (Lipinski definition) is 3. The highest BCUT2D eigenvalue weighted by molar-refractivity contribution is 5.74. The predicted molar refractivity (Wildman–Crippen MR) is 56.6 cm³/mol. The van der Waals surface area contributed by atoms with Crippen LogP contribution in [0.1, 0.15) is 30.0 Å². The van der Waals surface area contributed by atoms with Gasteiger partial charge in [-0.3, -0.25) is 0 Å². The lowest BCUT2D eigenvalue weighted by Crippen LogP contribution is -2.36. The van der Waals surface area contributed by atoms with Crippen molar-refractivity contribution in [2.45, 2.75) is 26.8 Å². The van der Waals surface area contributed by atoms with Crippen LogP contribution < -0.4 is 5.32 Å². The monoisotopic (exact) mass is 211 g/mol. The molecule has 2 amide bonds. The molecule has 0 bridgehead atoms. The Morgan fingerprint density at radius 3 is 2.47 bits per heavy atom. The maximum absolute atomic E-state index is 11.4. The largest absolute Gasteiger partial charge is 0.361 e. The minimum Gasteiger partial charge on any atom is -0.361 e. The molecule has 0 saturated carbocycles. The molecule has 1 aromatic heterocycles. The molecule has 84 valence electrons. The summed E-state index contributed by atoms with van der Waals surface area (Å²) in [4.78, 5) is 12.9. The van der Waals surface area contributed by atoms with E-state index in [1.54, 1.807) is 14.1 Å². The number of nitrogens with zero attached hydrogens (tertiary/aromatic N) is 2. The quantitative estimate of drug-likeness (QED) is 0.808. The number of carbonyl (C=O) groups excluding carboxylic acids is 1. The SMILES string of the molecule is Cc1noc(C)c1C(C)NC(=O)N(C)C. The molecular weight excluding hydrogens is 194 g/mol. The van der Waals surface area contributed by atoms with Gasteiger partial charge < -0.3 is 14.7 Å². The van der Waals surface area contributed by atoms with E-state index in [-0.39, 0.29) is 12.1 Å². The Hall–Kier alpha value is -1.52. The van der Waals surface area contributed by atoms with Crippen LogP contribution in [0.5, 0.6) is 0 Å². The molecule has 0 spiro atoms. The first-order chi connectivity index (χ1) is 6.93. The Morgan fingerprint density at radius 2 is 2.07 bits per heavy atom. The standard InChI is InChI=1S/C10H17N3O2/c1-6(11-10(14)13(4)5)9-7(2)12-15-8(9)3/h6H,1-5H3,(H,11,14). The Labute approximate surface area is 89.4 Å². The molecule has 0 saturated heterocycles. The number of carbonyl (C=O) groups is 1. The summed E-state index contributed by atoms with van der Waals surface area (Å²) in [5.41, 5.74) is 1.77. The highest BCUT2D eigenvalue weighted by Crippen LogP contribution is 2.20. The predicted octanol–water partition coefficient (Wildman–Crippen LogP) is 1.62.